The molecular weight excluding hydrogens is 172 g/mol. The molecule has 0 bridgehead atoms. The molecule has 1 amide bonds. The van der Waals surface area contributed by atoms with Crippen molar-refractivity contribution >= 4 is 11.9 Å². The average Bonchev–Trinajstić information content (AvgIpc) is 2.03. The highest BCUT2D eigenvalue weighted by Gasteiger charge is 2.19. The third kappa shape index (κ3) is 4.27. The molecule has 2 atom stereocenters. The zero-order valence-corrected chi connectivity index (χ0v) is 7.49. The van der Waals surface area contributed by atoms with Gasteiger partial charge in [0.25, 0.3) is 0 Å². The van der Waals surface area contributed by atoms with Crippen LogP contribution >= 0.6 is 0 Å². The topological polar surface area (TPSA) is 92.4 Å². The van der Waals surface area contributed by atoms with Crippen LogP contribution < -0.4 is 11.1 Å². The van der Waals surface area contributed by atoms with Crippen molar-refractivity contribution in [2.24, 2.45) is 5.73 Å². The number of carbonyl (C=O) groups is 2. The van der Waals surface area contributed by atoms with E-state index in [4.69, 9.17) is 10.8 Å². The minimum absolute atomic E-state index is 0.188. The molecule has 13 heavy (non-hydrogen) atoms. The van der Waals surface area contributed by atoms with E-state index in [1.165, 1.54) is 13.0 Å². The first-order valence-electron chi connectivity index (χ1n) is 3.88. The van der Waals surface area contributed by atoms with E-state index < -0.39 is 24.0 Å². The summed E-state index contributed by atoms with van der Waals surface area (Å²) in [7, 11) is 0. The second-order valence-corrected chi connectivity index (χ2v) is 2.71. The molecule has 1 unspecified atom stereocenters. The summed E-state index contributed by atoms with van der Waals surface area (Å²) in [6.07, 6.45) is 1.62. The number of carboxylic acid groups (broad SMARTS) is 1. The van der Waals surface area contributed by atoms with Crippen LogP contribution in [0.15, 0.2) is 12.7 Å². The van der Waals surface area contributed by atoms with Gasteiger partial charge in [0.2, 0.25) is 5.91 Å². The van der Waals surface area contributed by atoms with Gasteiger partial charge in [-0.25, -0.2) is 4.79 Å². The largest absolute Gasteiger partial charge is 0.480 e. The van der Waals surface area contributed by atoms with E-state index >= 15 is 0 Å². The molecule has 0 aliphatic carbocycles. The molecule has 0 aliphatic heterocycles. The summed E-state index contributed by atoms with van der Waals surface area (Å²) in [6.45, 7) is 4.88. The van der Waals surface area contributed by atoms with Crippen LogP contribution in [-0.2, 0) is 9.59 Å². The Balaban J connectivity index is 4.17. The van der Waals surface area contributed by atoms with Gasteiger partial charge in [0.15, 0.2) is 0 Å². The Bertz CT molecular complexity index is 213. The normalized spacial score (nSPS) is 14.3. The number of amides is 1. The van der Waals surface area contributed by atoms with Gasteiger partial charge in [-0.15, -0.1) is 6.58 Å². The lowest BCUT2D eigenvalue weighted by Gasteiger charge is -2.13. The molecule has 0 fully saturated rings. The van der Waals surface area contributed by atoms with Crippen molar-refractivity contribution in [2.75, 3.05) is 0 Å². The molecule has 0 aromatic carbocycles. The van der Waals surface area contributed by atoms with Crippen molar-refractivity contribution < 1.29 is 14.7 Å². The third-order valence-corrected chi connectivity index (χ3v) is 1.43. The van der Waals surface area contributed by atoms with Gasteiger partial charge >= 0.3 is 5.97 Å². The molecule has 0 heterocycles. The van der Waals surface area contributed by atoms with Gasteiger partial charge in [0.05, 0.1) is 6.04 Å². The van der Waals surface area contributed by atoms with E-state index in [-0.39, 0.29) is 6.42 Å². The first-order valence-corrected chi connectivity index (χ1v) is 3.88. The molecule has 74 valence electrons. The molecule has 5 heteroatoms. The fourth-order valence-electron chi connectivity index (χ4n) is 0.691. The Morgan fingerprint density at radius 1 is 1.69 bits per heavy atom. The van der Waals surface area contributed by atoms with Crippen LogP contribution in [-0.4, -0.2) is 29.1 Å². The van der Waals surface area contributed by atoms with Crippen LogP contribution in [0, 0.1) is 0 Å². The predicted octanol–water partition coefficient (Wildman–Crippen LogP) is -0.521. The second-order valence-electron chi connectivity index (χ2n) is 2.71. The van der Waals surface area contributed by atoms with E-state index in [1.807, 2.05) is 0 Å². The summed E-state index contributed by atoms with van der Waals surface area (Å²) in [4.78, 5) is 21.5. The maximum atomic E-state index is 11.0. The summed E-state index contributed by atoms with van der Waals surface area (Å²) in [5.74, 6) is -1.57. The van der Waals surface area contributed by atoms with Gasteiger partial charge < -0.3 is 16.2 Å². The molecule has 0 rings (SSSR count). The number of rotatable bonds is 5. The number of hydrogen-bond acceptors (Lipinski definition) is 3. The molecular formula is C8H14N2O3. The second kappa shape index (κ2) is 5.31. The Kier molecular flexibility index (Phi) is 4.76. The van der Waals surface area contributed by atoms with E-state index in [9.17, 15) is 9.59 Å². The highest BCUT2D eigenvalue weighted by atomic mass is 16.4. The summed E-state index contributed by atoms with van der Waals surface area (Å²) in [5.41, 5.74) is 5.25. The maximum absolute atomic E-state index is 11.0. The monoisotopic (exact) mass is 186 g/mol. The van der Waals surface area contributed by atoms with Crippen LogP contribution in [0.4, 0.5) is 0 Å². The number of carbonyl (C=O) groups excluding carboxylic acids is 1. The van der Waals surface area contributed by atoms with Gasteiger partial charge in [-0.05, 0) is 13.3 Å². The summed E-state index contributed by atoms with van der Waals surface area (Å²) < 4.78 is 0. The van der Waals surface area contributed by atoms with Crippen LogP contribution in [0.3, 0.4) is 0 Å². The van der Waals surface area contributed by atoms with Crippen molar-refractivity contribution in [3.8, 4) is 0 Å². The van der Waals surface area contributed by atoms with Crippen molar-refractivity contribution in [2.45, 2.75) is 25.4 Å². The Labute approximate surface area is 76.6 Å². The minimum Gasteiger partial charge on any atom is -0.480 e. The van der Waals surface area contributed by atoms with Crippen LogP contribution in [0.25, 0.3) is 0 Å². The van der Waals surface area contributed by atoms with Crippen molar-refractivity contribution in [1.29, 1.82) is 0 Å². The zero-order valence-electron chi connectivity index (χ0n) is 7.49. The first-order chi connectivity index (χ1) is 5.99. The third-order valence-electron chi connectivity index (χ3n) is 1.43. The molecule has 0 aliphatic rings. The van der Waals surface area contributed by atoms with E-state index in [0.29, 0.717) is 0 Å². The van der Waals surface area contributed by atoms with E-state index in [1.54, 1.807) is 0 Å². The molecule has 0 aromatic heterocycles. The van der Waals surface area contributed by atoms with Crippen LogP contribution in [0.2, 0.25) is 0 Å². The Morgan fingerprint density at radius 3 is 2.54 bits per heavy atom. The number of nitrogens with two attached hydrogens (primary N) is 1. The van der Waals surface area contributed by atoms with Gasteiger partial charge in [-0.2, -0.15) is 0 Å². The number of aliphatic carboxylic acids is 1. The van der Waals surface area contributed by atoms with Crippen molar-refractivity contribution in [3.05, 3.63) is 12.7 Å². The standard InChI is InChI=1S/C8H14N2O3/c1-3-4-6(8(12)13)10-7(11)5(2)9/h3,5-6H,1,4,9H2,2H3,(H,10,11)(H,12,13)/t5-,6?/m1/s1. The highest BCUT2D eigenvalue weighted by molar-refractivity contribution is 5.86. The molecule has 0 saturated carbocycles. The molecule has 0 radical (unpaired) electrons. The number of carboxylic acids is 1. The Hall–Kier alpha value is -1.36. The van der Waals surface area contributed by atoms with Crippen LogP contribution in [0.1, 0.15) is 13.3 Å². The fourth-order valence-corrected chi connectivity index (χ4v) is 0.691. The van der Waals surface area contributed by atoms with Gasteiger partial charge in [-0.1, -0.05) is 6.08 Å². The zero-order chi connectivity index (χ0) is 10.4. The molecule has 5 nitrogen and oxygen atoms in total. The number of hydrogen-bond donors (Lipinski definition) is 3. The fraction of sp³-hybridized carbons (Fsp3) is 0.500. The Morgan fingerprint density at radius 2 is 2.23 bits per heavy atom. The SMILES string of the molecule is C=CCC(NC(=O)[C@@H](C)N)C(=O)O. The maximum Gasteiger partial charge on any atom is 0.326 e. The lowest BCUT2D eigenvalue weighted by atomic mass is 10.2. The van der Waals surface area contributed by atoms with Crippen molar-refractivity contribution in [3.63, 3.8) is 0 Å². The van der Waals surface area contributed by atoms with Crippen LogP contribution in [0.5, 0.6) is 0 Å². The van der Waals surface area contributed by atoms with Gasteiger partial charge in [0.1, 0.15) is 6.04 Å². The summed E-state index contributed by atoms with van der Waals surface area (Å²) >= 11 is 0. The molecule has 0 aromatic rings. The minimum atomic E-state index is -1.09. The number of nitrogens with one attached hydrogen (secondary N) is 1. The predicted molar refractivity (Wildman–Crippen MR) is 48.0 cm³/mol. The molecule has 4 N–H and O–H groups in total. The summed E-state index contributed by atoms with van der Waals surface area (Å²) in [5, 5.41) is 10.9. The first kappa shape index (κ1) is 11.6. The lowest BCUT2D eigenvalue weighted by molar-refractivity contribution is -0.141. The highest BCUT2D eigenvalue weighted by Crippen LogP contribution is 1.93. The molecule has 0 saturated heterocycles. The molecule has 0 spiro atoms. The van der Waals surface area contributed by atoms with E-state index in [0.717, 1.165) is 0 Å². The average molecular weight is 186 g/mol. The smallest absolute Gasteiger partial charge is 0.326 e. The van der Waals surface area contributed by atoms with Gasteiger partial charge in [0, 0.05) is 0 Å². The quantitative estimate of drug-likeness (QED) is 0.504. The van der Waals surface area contributed by atoms with Crippen molar-refractivity contribution in [1.82, 2.24) is 5.32 Å². The summed E-state index contributed by atoms with van der Waals surface area (Å²) in [6, 6.07) is -1.64. The van der Waals surface area contributed by atoms with E-state index in [2.05, 4.69) is 11.9 Å². The lowest BCUT2D eigenvalue weighted by Crippen LogP contribution is -2.47. The van der Waals surface area contributed by atoms with Gasteiger partial charge in [-0.3, -0.25) is 4.79 Å².